The predicted octanol–water partition coefficient (Wildman–Crippen LogP) is 5.31. The van der Waals surface area contributed by atoms with Gasteiger partial charge in [-0.05, 0) is 68.3 Å². The molecule has 1 aromatic carbocycles. The van der Waals surface area contributed by atoms with Crippen LogP contribution in [0.4, 0.5) is 4.39 Å². The molecule has 0 saturated carbocycles. The molecule has 4 rings (SSSR count). The molecule has 3 heterocycles. The van der Waals surface area contributed by atoms with E-state index in [0.717, 1.165) is 23.3 Å². The summed E-state index contributed by atoms with van der Waals surface area (Å²) in [4.78, 5) is 13.8. The zero-order valence-corrected chi connectivity index (χ0v) is 19.7. The van der Waals surface area contributed by atoms with Crippen LogP contribution in [0.2, 0.25) is 0 Å². The number of hydrogen-bond acceptors (Lipinski definition) is 6. The second-order valence-corrected chi connectivity index (χ2v) is 9.69. The molecule has 0 saturated heterocycles. The van der Waals surface area contributed by atoms with Crippen molar-refractivity contribution in [2.45, 2.75) is 45.3 Å². The fourth-order valence-corrected chi connectivity index (χ4v) is 4.68. The Bertz CT molecular complexity index is 1130. The van der Waals surface area contributed by atoms with Crippen molar-refractivity contribution in [2.75, 3.05) is 13.7 Å². The van der Waals surface area contributed by atoms with Crippen molar-refractivity contribution < 1.29 is 23.4 Å². The van der Waals surface area contributed by atoms with Gasteiger partial charge in [0.15, 0.2) is 17.7 Å². The molecule has 3 aromatic rings. The standard InChI is InChI=1S/C24H27FN2O4S/c1-24(2,3)31-22(23(28)29-5)20-18(19(26-27(20)4)17-9-7-11-32-17)15-12-14-8-6-10-30-21(14)16(25)13-15/h7,9,11-13,22H,6,8,10H2,1-5H3. The Morgan fingerprint density at radius 2 is 2.12 bits per heavy atom. The van der Waals surface area contributed by atoms with Crippen molar-refractivity contribution in [3.8, 4) is 27.4 Å². The van der Waals surface area contributed by atoms with E-state index in [-0.39, 0.29) is 0 Å². The highest BCUT2D eigenvalue weighted by Crippen LogP contribution is 2.43. The van der Waals surface area contributed by atoms with E-state index in [0.29, 0.717) is 34.9 Å². The molecule has 0 fully saturated rings. The van der Waals surface area contributed by atoms with Crippen LogP contribution in [0.3, 0.4) is 0 Å². The van der Waals surface area contributed by atoms with Crippen LogP contribution >= 0.6 is 11.3 Å². The summed E-state index contributed by atoms with van der Waals surface area (Å²) in [5, 5.41) is 6.68. The topological polar surface area (TPSA) is 62.6 Å². The van der Waals surface area contributed by atoms with Gasteiger partial charge in [0.2, 0.25) is 0 Å². The molecule has 0 spiro atoms. The van der Waals surface area contributed by atoms with Crippen LogP contribution in [0.25, 0.3) is 21.7 Å². The van der Waals surface area contributed by atoms with Crippen LogP contribution in [0, 0.1) is 5.82 Å². The van der Waals surface area contributed by atoms with E-state index in [9.17, 15) is 4.79 Å². The van der Waals surface area contributed by atoms with Crippen molar-refractivity contribution >= 4 is 17.3 Å². The first-order valence-electron chi connectivity index (χ1n) is 10.5. The van der Waals surface area contributed by atoms with E-state index in [1.807, 2.05) is 44.4 Å². The maximum atomic E-state index is 15.1. The third-order valence-electron chi connectivity index (χ3n) is 5.23. The summed E-state index contributed by atoms with van der Waals surface area (Å²) in [7, 11) is 3.09. The first-order valence-corrected chi connectivity index (χ1v) is 11.4. The number of carbonyl (C=O) groups is 1. The molecule has 1 unspecified atom stereocenters. The van der Waals surface area contributed by atoms with Crippen molar-refractivity contribution in [2.24, 2.45) is 7.05 Å². The number of benzene rings is 1. The first kappa shape index (κ1) is 22.5. The van der Waals surface area contributed by atoms with Crippen LogP contribution in [0.1, 0.15) is 44.6 Å². The van der Waals surface area contributed by atoms with Crippen LogP contribution in [-0.2, 0) is 27.7 Å². The Hall–Kier alpha value is -2.71. The molecule has 1 aliphatic heterocycles. The lowest BCUT2D eigenvalue weighted by atomic mass is 9.94. The minimum Gasteiger partial charge on any atom is -0.490 e. The lowest BCUT2D eigenvalue weighted by molar-refractivity contribution is -0.165. The summed E-state index contributed by atoms with van der Waals surface area (Å²) >= 11 is 1.53. The largest absolute Gasteiger partial charge is 0.490 e. The molecule has 1 atom stereocenters. The van der Waals surface area contributed by atoms with Gasteiger partial charge in [-0.3, -0.25) is 4.68 Å². The molecule has 0 amide bonds. The third kappa shape index (κ3) is 4.29. The SMILES string of the molecule is COC(=O)C(OC(C)(C)C)c1c(-c2cc(F)c3c(c2)CCCO3)c(-c2cccs2)nn1C. The van der Waals surface area contributed by atoms with Crippen LogP contribution < -0.4 is 4.74 Å². The normalized spacial score (nSPS) is 14.6. The van der Waals surface area contributed by atoms with Gasteiger partial charge in [0.05, 0.1) is 29.9 Å². The van der Waals surface area contributed by atoms with Gasteiger partial charge in [0, 0.05) is 12.6 Å². The average Bonchev–Trinajstić information content (AvgIpc) is 3.38. The fourth-order valence-electron chi connectivity index (χ4n) is 3.96. The molecule has 0 bridgehead atoms. The van der Waals surface area contributed by atoms with E-state index in [4.69, 9.17) is 19.3 Å². The van der Waals surface area contributed by atoms with E-state index < -0.39 is 23.5 Å². The number of carbonyl (C=O) groups excluding carboxylic acids is 1. The number of methoxy groups -OCH3 is 1. The molecule has 170 valence electrons. The van der Waals surface area contributed by atoms with Gasteiger partial charge >= 0.3 is 5.97 Å². The van der Waals surface area contributed by atoms with Crippen molar-refractivity contribution in [3.63, 3.8) is 0 Å². The Labute approximate surface area is 190 Å². The summed E-state index contributed by atoms with van der Waals surface area (Å²) in [6.45, 7) is 6.12. The van der Waals surface area contributed by atoms with Crippen LogP contribution in [0.15, 0.2) is 29.6 Å². The number of rotatable bonds is 5. The summed E-state index contributed by atoms with van der Waals surface area (Å²) < 4.78 is 33.5. The molecule has 2 aromatic heterocycles. The second-order valence-electron chi connectivity index (χ2n) is 8.74. The number of hydrogen-bond donors (Lipinski definition) is 0. The van der Waals surface area contributed by atoms with Crippen LogP contribution in [0.5, 0.6) is 5.75 Å². The zero-order valence-electron chi connectivity index (χ0n) is 18.9. The summed E-state index contributed by atoms with van der Waals surface area (Å²) in [6.07, 6.45) is 0.519. The number of thiophene rings is 1. The van der Waals surface area contributed by atoms with Gasteiger partial charge in [-0.15, -0.1) is 11.3 Å². The highest BCUT2D eigenvalue weighted by molar-refractivity contribution is 7.13. The Kier molecular flexibility index (Phi) is 6.09. The molecule has 0 radical (unpaired) electrons. The molecule has 32 heavy (non-hydrogen) atoms. The number of esters is 1. The maximum Gasteiger partial charge on any atom is 0.341 e. The monoisotopic (exact) mass is 458 g/mol. The first-order chi connectivity index (χ1) is 15.2. The van der Waals surface area contributed by atoms with E-state index in [1.54, 1.807) is 11.7 Å². The molecule has 0 N–H and O–H groups in total. The van der Waals surface area contributed by atoms with E-state index in [1.165, 1.54) is 24.5 Å². The minimum atomic E-state index is -1.03. The molecule has 0 aliphatic carbocycles. The summed E-state index contributed by atoms with van der Waals surface area (Å²) in [6, 6.07) is 7.27. The summed E-state index contributed by atoms with van der Waals surface area (Å²) in [5.74, 6) is -0.655. The average molecular weight is 459 g/mol. The van der Waals surface area contributed by atoms with Gasteiger partial charge in [-0.2, -0.15) is 5.10 Å². The molecule has 8 heteroatoms. The predicted molar refractivity (Wildman–Crippen MR) is 121 cm³/mol. The number of aromatic nitrogens is 2. The fraction of sp³-hybridized carbons (Fsp3) is 0.417. The van der Waals surface area contributed by atoms with Gasteiger partial charge in [0.25, 0.3) is 0 Å². The van der Waals surface area contributed by atoms with Gasteiger partial charge in [0.1, 0.15) is 5.69 Å². The van der Waals surface area contributed by atoms with Gasteiger partial charge in [-0.25, -0.2) is 9.18 Å². The van der Waals surface area contributed by atoms with Crippen molar-refractivity contribution in [3.05, 3.63) is 46.7 Å². The number of aryl methyl sites for hydroxylation is 2. The number of ether oxygens (including phenoxy) is 3. The second kappa shape index (κ2) is 8.67. The lowest BCUT2D eigenvalue weighted by Crippen LogP contribution is -2.29. The molecular formula is C24H27FN2O4S. The van der Waals surface area contributed by atoms with E-state index in [2.05, 4.69) is 0 Å². The minimum absolute atomic E-state index is 0.304. The lowest BCUT2D eigenvalue weighted by Gasteiger charge is -2.27. The van der Waals surface area contributed by atoms with Gasteiger partial charge < -0.3 is 14.2 Å². The maximum absolute atomic E-state index is 15.1. The third-order valence-corrected chi connectivity index (χ3v) is 6.10. The quantitative estimate of drug-likeness (QED) is 0.485. The van der Waals surface area contributed by atoms with Crippen LogP contribution in [-0.4, -0.2) is 35.1 Å². The smallest absolute Gasteiger partial charge is 0.341 e. The number of fused-ring (bicyclic) bond motifs is 1. The number of nitrogens with zero attached hydrogens (tertiary/aromatic N) is 2. The summed E-state index contributed by atoms with van der Waals surface area (Å²) in [5.41, 5.74) is 2.65. The van der Waals surface area contributed by atoms with Gasteiger partial charge in [-0.1, -0.05) is 6.07 Å². The highest BCUT2D eigenvalue weighted by Gasteiger charge is 2.35. The molecular weight excluding hydrogens is 431 g/mol. The highest BCUT2D eigenvalue weighted by atomic mass is 32.1. The van der Waals surface area contributed by atoms with Crippen molar-refractivity contribution in [1.82, 2.24) is 9.78 Å². The van der Waals surface area contributed by atoms with E-state index >= 15 is 4.39 Å². The number of halogens is 1. The Morgan fingerprint density at radius 3 is 2.78 bits per heavy atom. The Balaban J connectivity index is 1.98. The Morgan fingerprint density at radius 1 is 1.34 bits per heavy atom. The zero-order chi connectivity index (χ0) is 23.0. The van der Waals surface area contributed by atoms with Crippen molar-refractivity contribution in [1.29, 1.82) is 0 Å². The molecule has 1 aliphatic rings. The molecule has 6 nitrogen and oxygen atoms in total.